The second-order valence-electron chi connectivity index (χ2n) is 5.28. The molecular formula is C15H20N4O2. The van der Waals surface area contributed by atoms with Crippen molar-refractivity contribution >= 4 is 5.82 Å². The zero-order valence-corrected chi connectivity index (χ0v) is 12.5. The monoisotopic (exact) mass is 288 g/mol. The zero-order chi connectivity index (χ0) is 15.1. The van der Waals surface area contributed by atoms with E-state index < -0.39 is 0 Å². The number of methoxy groups -OCH3 is 1. The Kier molecular flexibility index (Phi) is 3.16. The Labute approximate surface area is 123 Å². The van der Waals surface area contributed by atoms with Gasteiger partial charge in [0.25, 0.3) is 0 Å². The number of hydrogen-bond donors (Lipinski definition) is 2. The normalized spacial score (nSPS) is 16.6. The first-order valence-corrected chi connectivity index (χ1v) is 7.05. The largest absolute Gasteiger partial charge is 0.496 e. The third-order valence-corrected chi connectivity index (χ3v) is 3.81. The van der Waals surface area contributed by atoms with Crippen molar-refractivity contribution in [2.45, 2.75) is 32.8 Å². The van der Waals surface area contributed by atoms with Crippen LogP contribution < -0.4 is 21.1 Å². The van der Waals surface area contributed by atoms with Crippen molar-refractivity contribution in [2.24, 2.45) is 0 Å². The summed E-state index contributed by atoms with van der Waals surface area (Å²) in [5.41, 5.74) is 8.67. The van der Waals surface area contributed by atoms with Crippen LogP contribution in [0.25, 0.3) is 11.3 Å². The molecule has 0 radical (unpaired) electrons. The highest BCUT2D eigenvalue weighted by Crippen LogP contribution is 2.41. The molecule has 1 aliphatic rings. The number of anilines is 1. The smallest absolute Gasteiger partial charge is 0.150 e. The van der Waals surface area contributed by atoms with Crippen LogP contribution in [-0.2, 0) is 12.8 Å². The number of benzene rings is 1. The van der Waals surface area contributed by atoms with E-state index in [1.165, 1.54) is 4.68 Å². The van der Waals surface area contributed by atoms with Gasteiger partial charge in [0, 0.05) is 24.0 Å². The average Bonchev–Trinajstić information content (AvgIpc) is 2.97. The highest BCUT2D eigenvalue weighted by Gasteiger charge is 2.24. The Balaban J connectivity index is 2.17. The molecule has 0 amide bonds. The maximum atomic E-state index is 6.09. The second kappa shape index (κ2) is 4.87. The molecule has 0 saturated carbocycles. The average molecular weight is 288 g/mol. The molecule has 2 aromatic rings. The van der Waals surface area contributed by atoms with Crippen LogP contribution in [0.15, 0.2) is 12.1 Å². The lowest BCUT2D eigenvalue weighted by Gasteiger charge is -2.10. The molecule has 1 atom stereocenters. The summed E-state index contributed by atoms with van der Waals surface area (Å²) in [4.78, 5) is 4.53. The number of nitrogen functional groups attached to an aromatic ring is 2. The minimum atomic E-state index is 0.176. The number of imidazole rings is 1. The van der Waals surface area contributed by atoms with Crippen LogP contribution in [0.4, 0.5) is 5.82 Å². The third-order valence-electron chi connectivity index (χ3n) is 3.81. The first kappa shape index (κ1) is 13.6. The molecule has 0 spiro atoms. The fourth-order valence-corrected chi connectivity index (χ4v) is 2.73. The van der Waals surface area contributed by atoms with Gasteiger partial charge in [0.1, 0.15) is 29.1 Å². The van der Waals surface area contributed by atoms with Gasteiger partial charge in [-0.05, 0) is 19.1 Å². The van der Waals surface area contributed by atoms with Gasteiger partial charge in [-0.25, -0.2) is 9.66 Å². The van der Waals surface area contributed by atoms with E-state index >= 15 is 0 Å². The van der Waals surface area contributed by atoms with Gasteiger partial charge in [-0.15, -0.1) is 0 Å². The quantitative estimate of drug-likeness (QED) is 0.840. The first-order valence-electron chi connectivity index (χ1n) is 7.05. The van der Waals surface area contributed by atoms with Gasteiger partial charge in [-0.3, -0.25) is 0 Å². The van der Waals surface area contributed by atoms with Crippen molar-refractivity contribution in [3.8, 4) is 22.8 Å². The molecule has 0 saturated heterocycles. The highest BCUT2D eigenvalue weighted by molar-refractivity contribution is 5.78. The number of ether oxygens (including phenoxy) is 2. The van der Waals surface area contributed by atoms with Crippen LogP contribution in [0.1, 0.15) is 25.2 Å². The van der Waals surface area contributed by atoms with Gasteiger partial charge >= 0.3 is 0 Å². The van der Waals surface area contributed by atoms with E-state index in [0.29, 0.717) is 17.9 Å². The fraction of sp³-hybridized carbons (Fsp3) is 0.400. The van der Waals surface area contributed by atoms with E-state index in [-0.39, 0.29) is 6.10 Å². The van der Waals surface area contributed by atoms with Crippen molar-refractivity contribution in [3.05, 3.63) is 23.5 Å². The first-order chi connectivity index (χ1) is 10.0. The number of nitrogens with zero attached hydrogens (tertiary/aromatic N) is 2. The molecule has 3 rings (SSSR count). The molecule has 21 heavy (non-hydrogen) atoms. The summed E-state index contributed by atoms with van der Waals surface area (Å²) in [6, 6.07) is 3.94. The molecule has 0 fully saturated rings. The summed E-state index contributed by atoms with van der Waals surface area (Å²) in [7, 11) is 1.64. The van der Waals surface area contributed by atoms with Crippen LogP contribution in [-0.4, -0.2) is 22.9 Å². The molecule has 1 aromatic heterocycles. The van der Waals surface area contributed by atoms with E-state index in [1.807, 2.05) is 26.0 Å². The SMILES string of the molecule is CCc1nc(-c2cc3c(cc2OC)CC(C)O3)c(N)n1N. The zero-order valence-electron chi connectivity index (χ0n) is 12.5. The summed E-state index contributed by atoms with van der Waals surface area (Å²) in [6.07, 6.45) is 1.77. The molecule has 6 heteroatoms. The molecule has 1 aliphatic heterocycles. The van der Waals surface area contributed by atoms with Crippen molar-refractivity contribution < 1.29 is 9.47 Å². The second-order valence-corrected chi connectivity index (χ2v) is 5.28. The fourth-order valence-electron chi connectivity index (χ4n) is 2.73. The van der Waals surface area contributed by atoms with Gasteiger partial charge < -0.3 is 21.1 Å². The third kappa shape index (κ3) is 2.07. The lowest BCUT2D eigenvalue weighted by molar-refractivity contribution is 0.254. The maximum absolute atomic E-state index is 6.09. The predicted octanol–water partition coefficient (Wildman–Crippen LogP) is 1.74. The molecule has 0 bridgehead atoms. The minimum Gasteiger partial charge on any atom is -0.496 e. The van der Waals surface area contributed by atoms with Gasteiger partial charge in [0.05, 0.1) is 7.11 Å². The molecule has 1 aromatic carbocycles. The summed E-state index contributed by atoms with van der Waals surface area (Å²) in [5.74, 6) is 8.70. The predicted molar refractivity (Wildman–Crippen MR) is 81.9 cm³/mol. The van der Waals surface area contributed by atoms with Crippen LogP contribution in [0, 0.1) is 0 Å². The van der Waals surface area contributed by atoms with E-state index in [1.54, 1.807) is 7.11 Å². The minimum absolute atomic E-state index is 0.176. The van der Waals surface area contributed by atoms with Crippen LogP contribution in [0.2, 0.25) is 0 Å². The molecule has 4 N–H and O–H groups in total. The van der Waals surface area contributed by atoms with Crippen LogP contribution in [0.3, 0.4) is 0 Å². The summed E-state index contributed by atoms with van der Waals surface area (Å²) in [5, 5.41) is 0. The van der Waals surface area contributed by atoms with Crippen molar-refractivity contribution in [1.82, 2.24) is 9.66 Å². The lowest BCUT2D eigenvalue weighted by Crippen LogP contribution is -2.14. The van der Waals surface area contributed by atoms with E-state index in [2.05, 4.69) is 4.98 Å². The highest BCUT2D eigenvalue weighted by atomic mass is 16.5. The van der Waals surface area contributed by atoms with Crippen molar-refractivity contribution in [3.63, 3.8) is 0 Å². The molecular weight excluding hydrogens is 268 g/mol. The Bertz CT molecular complexity index is 693. The summed E-state index contributed by atoms with van der Waals surface area (Å²) in [6.45, 7) is 4.03. The number of nitrogens with two attached hydrogens (primary N) is 2. The van der Waals surface area contributed by atoms with Gasteiger partial charge in [-0.2, -0.15) is 0 Å². The topological polar surface area (TPSA) is 88.3 Å². The Morgan fingerprint density at radius 3 is 2.86 bits per heavy atom. The Hall–Kier alpha value is -2.37. The van der Waals surface area contributed by atoms with E-state index in [9.17, 15) is 0 Å². The molecule has 6 nitrogen and oxygen atoms in total. The van der Waals surface area contributed by atoms with Gasteiger partial charge in [0.15, 0.2) is 5.82 Å². The number of aromatic nitrogens is 2. The number of hydrogen-bond acceptors (Lipinski definition) is 5. The molecule has 2 heterocycles. The van der Waals surface area contributed by atoms with Gasteiger partial charge in [-0.1, -0.05) is 6.92 Å². The number of fused-ring (bicyclic) bond motifs is 1. The molecule has 112 valence electrons. The number of rotatable bonds is 3. The molecule has 0 aliphatic carbocycles. The van der Waals surface area contributed by atoms with Crippen molar-refractivity contribution in [1.29, 1.82) is 0 Å². The van der Waals surface area contributed by atoms with Crippen LogP contribution in [0.5, 0.6) is 11.5 Å². The summed E-state index contributed by atoms with van der Waals surface area (Å²) < 4.78 is 12.7. The molecule has 1 unspecified atom stereocenters. The van der Waals surface area contributed by atoms with E-state index in [0.717, 1.165) is 34.9 Å². The summed E-state index contributed by atoms with van der Waals surface area (Å²) >= 11 is 0. The Morgan fingerprint density at radius 2 is 2.24 bits per heavy atom. The van der Waals surface area contributed by atoms with E-state index in [4.69, 9.17) is 21.1 Å². The van der Waals surface area contributed by atoms with Crippen molar-refractivity contribution in [2.75, 3.05) is 18.7 Å². The number of aryl methyl sites for hydroxylation is 1. The standard InChI is InChI=1S/C15H20N4O2/c1-4-13-18-14(15(16)19(13)17)10-7-11-9(5-8(2)21-11)6-12(10)20-3/h6-8H,4-5,16-17H2,1-3H3. The maximum Gasteiger partial charge on any atom is 0.150 e. The van der Waals surface area contributed by atoms with Crippen LogP contribution >= 0.6 is 0 Å². The Morgan fingerprint density at radius 1 is 1.48 bits per heavy atom. The lowest BCUT2D eigenvalue weighted by atomic mass is 10.0. The van der Waals surface area contributed by atoms with Gasteiger partial charge in [0.2, 0.25) is 0 Å².